The Morgan fingerprint density at radius 3 is 2.63 bits per heavy atom. The lowest BCUT2D eigenvalue weighted by atomic mass is 10.1. The second-order valence-corrected chi connectivity index (χ2v) is 5.76. The van der Waals surface area contributed by atoms with E-state index in [2.05, 4.69) is 29.3 Å². The average molecular weight is 280 g/mol. The van der Waals surface area contributed by atoms with Crippen LogP contribution in [0.1, 0.15) is 47.8 Å². The first-order valence-electron chi connectivity index (χ1n) is 6.24. The van der Waals surface area contributed by atoms with Crippen molar-refractivity contribution in [2.45, 2.75) is 32.7 Å². The second-order valence-electron chi connectivity index (χ2n) is 4.87. The quantitative estimate of drug-likeness (QED) is 0.933. The van der Waals surface area contributed by atoms with Crippen LogP contribution in [0, 0.1) is 6.92 Å². The number of aromatic nitrogens is 3. The molecule has 2 N–H and O–H groups in total. The van der Waals surface area contributed by atoms with Gasteiger partial charge in [0.1, 0.15) is 5.01 Å². The largest absolute Gasteiger partial charge is 0.481 e. The molecule has 2 heterocycles. The Morgan fingerprint density at radius 2 is 2.11 bits per heavy atom. The van der Waals surface area contributed by atoms with Crippen molar-refractivity contribution in [2.75, 3.05) is 7.11 Å². The fraction of sp³-hybridized carbons (Fsp3) is 0.538. The minimum atomic E-state index is -0.291. The van der Waals surface area contributed by atoms with E-state index in [1.807, 2.05) is 14.0 Å². The Hall–Kier alpha value is -1.40. The van der Waals surface area contributed by atoms with Crippen molar-refractivity contribution in [1.29, 1.82) is 0 Å². The van der Waals surface area contributed by atoms with Crippen LogP contribution in [-0.4, -0.2) is 21.9 Å². The first-order chi connectivity index (χ1) is 8.95. The smallest absolute Gasteiger partial charge is 0.216 e. The predicted molar refractivity (Wildman–Crippen MR) is 76.7 cm³/mol. The average Bonchev–Trinajstić information content (AvgIpc) is 2.92. The van der Waals surface area contributed by atoms with Crippen LogP contribution in [0.3, 0.4) is 0 Å². The number of methoxy groups -OCH3 is 1. The van der Waals surface area contributed by atoms with Crippen molar-refractivity contribution in [2.24, 2.45) is 12.8 Å². The van der Waals surface area contributed by atoms with Crippen molar-refractivity contribution in [3.63, 3.8) is 0 Å². The van der Waals surface area contributed by atoms with Crippen LogP contribution in [0.25, 0.3) is 0 Å². The van der Waals surface area contributed by atoms with Crippen LogP contribution < -0.4 is 10.5 Å². The first kappa shape index (κ1) is 14.0. The Labute approximate surface area is 117 Å². The molecule has 0 aromatic carbocycles. The van der Waals surface area contributed by atoms with Crippen molar-refractivity contribution in [1.82, 2.24) is 14.8 Å². The summed E-state index contributed by atoms with van der Waals surface area (Å²) in [7, 11) is 3.48. The Morgan fingerprint density at radius 1 is 1.42 bits per heavy atom. The summed E-state index contributed by atoms with van der Waals surface area (Å²) in [6.45, 7) is 6.19. The molecule has 0 saturated carbocycles. The minimum Gasteiger partial charge on any atom is -0.481 e. The topological polar surface area (TPSA) is 66.0 Å². The van der Waals surface area contributed by atoms with E-state index in [9.17, 15) is 0 Å². The van der Waals surface area contributed by atoms with Gasteiger partial charge in [-0.2, -0.15) is 5.10 Å². The summed E-state index contributed by atoms with van der Waals surface area (Å²) >= 11 is 1.59. The Bertz CT molecular complexity index is 573. The molecule has 1 unspecified atom stereocenters. The third kappa shape index (κ3) is 2.50. The van der Waals surface area contributed by atoms with E-state index in [1.54, 1.807) is 23.1 Å². The van der Waals surface area contributed by atoms with Gasteiger partial charge in [0.2, 0.25) is 5.88 Å². The lowest BCUT2D eigenvalue weighted by molar-refractivity contribution is 0.368. The van der Waals surface area contributed by atoms with Crippen molar-refractivity contribution in [3.05, 3.63) is 27.3 Å². The van der Waals surface area contributed by atoms with E-state index in [-0.39, 0.29) is 6.04 Å². The molecular weight excluding hydrogens is 260 g/mol. The molecule has 0 fully saturated rings. The van der Waals surface area contributed by atoms with Crippen LogP contribution >= 0.6 is 11.3 Å². The first-order valence-corrected chi connectivity index (χ1v) is 7.12. The van der Waals surface area contributed by atoms with Crippen molar-refractivity contribution in [3.8, 4) is 5.88 Å². The zero-order chi connectivity index (χ0) is 14.2. The fourth-order valence-electron chi connectivity index (χ4n) is 2.09. The molecule has 0 aliphatic rings. The van der Waals surface area contributed by atoms with Gasteiger partial charge >= 0.3 is 0 Å². The number of thiazole rings is 1. The number of nitrogens with two attached hydrogens (primary N) is 1. The minimum absolute atomic E-state index is 0.291. The summed E-state index contributed by atoms with van der Waals surface area (Å²) < 4.78 is 7.10. The van der Waals surface area contributed by atoms with Crippen molar-refractivity contribution >= 4 is 11.3 Å². The zero-order valence-electron chi connectivity index (χ0n) is 12.0. The van der Waals surface area contributed by atoms with Gasteiger partial charge in [-0.25, -0.2) is 9.67 Å². The molecule has 0 saturated heterocycles. The fourth-order valence-corrected chi connectivity index (χ4v) is 3.07. The van der Waals surface area contributed by atoms with Crippen LogP contribution in [0.15, 0.2) is 5.38 Å². The molecule has 2 aromatic rings. The normalized spacial score (nSPS) is 13.0. The van der Waals surface area contributed by atoms with Gasteiger partial charge in [0.15, 0.2) is 0 Å². The van der Waals surface area contributed by atoms with Gasteiger partial charge < -0.3 is 10.5 Å². The molecule has 0 aliphatic carbocycles. The summed E-state index contributed by atoms with van der Waals surface area (Å²) in [6, 6.07) is -0.291. The predicted octanol–water partition coefficient (Wildman–Crippen LogP) is 2.37. The molecule has 0 bridgehead atoms. The number of nitrogens with zero attached hydrogens (tertiary/aromatic N) is 3. The van der Waals surface area contributed by atoms with Gasteiger partial charge in [0.25, 0.3) is 0 Å². The highest BCUT2D eigenvalue weighted by atomic mass is 32.1. The van der Waals surface area contributed by atoms with Gasteiger partial charge in [-0.3, -0.25) is 0 Å². The van der Waals surface area contributed by atoms with Crippen LogP contribution in [0.5, 0.6) is 5.88 Å². The molecule has 0 radical (unpaired) electrons. The van der Waals surface area contributed by atoms with E-state index in [0.29, 0.717) is 11.8 Å². The SMILES string of the molecule is COc1c(C(N)c2nc(C(C)C)cs2)c(C)nn1C. The lowest BCUT2D eigenvalue weighted by Gasteiger charge is -2.10. The van der Waals surface area contributed by atoms with Crippen LogP contribution in [0.2, 0.25) is 0 Å². The van der Waals surface area contributed by atoms with Crippen molar-refractivity contribution < 1.29 is 4.74 Å². The van der Waals surface area contributed by atoms with Gasteiger partial charge in [0, 0.05) is 12.4 Å². The molecule has 0 aliphatic heterocycles. The number of aryl methyl sites for hydroxylation is 2. The molecule has 104 valence electrons. The monoisotopic (exact) mass is 280 g/mol. The second kappa shape index (κ2) is 5.30. The summed E-state index contributed by atoms with van der Waals surface area (Å²) in [5.41, 5.74) is 9.21. The van der Waals surface area contributed by atoms with Gasteiger partial charge in [0.05, 0.1) is 30.1 Å². The van der Waals surface area contributed by atoms with E-state index >= 15 is 0 Å². The number of hydrogen-bond donors (Lipinski definition) is 1. The maximum absolute atomic E-state index is 6.33. The maximum atomic E-state index is 6.33. The van der Waals surface area contributed by atoms with E-state index in [0.717, 1.165) is 22.0 Å². The zero-order valence-corrected chi connectivity index (χ0v) is 12.8. The molecule has 1 atom stereocenters. The molecule has 0 spiro atoms. The lowest BCUT2D eigenvalue weighted by Crippen LogP contribution is -2.13. The maximum Gasteiger partial charge on any atom is 0.216 e. The summed E-state index contributed by atoms with van der Waals surface area (Å²) in [5, 5.41) is 7.33. The van der Waals surface area contributed by atoms with E-state index in [4.69, 9.17) is 10.5 Å². The molecule has 19 heavy (non-hydrogen) atoms. The molecule has 2 rings (SSSR count). The number of hydrogen-bond acceptors (Lipinski definition) is 5. The number of rotatable bonds is 4. The highest BCUT2D eigenvalue weighted by Gasteiger charge is 2.24. The number of ether oxygens (including phenoxy) is 1. The summed E-state index contributed by atoms with van der Waals surface area (Å²) in [4.78, 5) is 4.61. The van der Waals surface area contributed by atoms with E-state index < -0.39 is 0 Å². The summed E-state index contributed by atoms with van der Waals surface area (Å²) in [6.07, 6.45) is 0. The molecule has 2 aromatic heterocycles. The Balaban J connectivity index is 2.40. The van der Waals surface area contributed by atoms with Gasteiger partial charge in [-0.15, -0.1) is 11.3 Å². The van der Waals surface area contributed by atoms with Crippen LogP contribution in [-0.2, 0) is 7.05 Å². The van der Waals surface area contributed by atoms with Gasteiger partial charge in [-0.1, -0.05) is 13.8 Å². The Kier molecular flexibility index (Phi) is 3.91. The highest BCUT2D eigenvalue weighted by molar-refractivity contribution is 7.09. The third-order valence-electron chi connectivity index (χ3n) is 3.12. The summed E-state index contributed by atoms with van der Waals surface area (Å²) in [5.74, 6) is 1.11. The molecule has 0 amide bonds. The highest BCUT2D eigenvalue weighted by Crippen LogP contribution is 2.32. The van der Waals surface area contributed by atoms with Gasteiger partial charge in [-0.05, 0) is 12.8 Å². The van der Waals surface area contributed by atoms with Crippen LogP contribution in [0.4, 0.5) is 0 Å². The molecular formula is C13H20N4OS. The standard InChI is InChI=1S/C13H20N4OS/c1-7(2)9-6-19-12(15-9)11(14)10-8(3)16-17(4)13(10)18-5/h6-7,11H,14H2,1-5H3. The molecule has 5 nitrogen and oxygen atoms in total. The third-order valence-corrected chi connectivity index (χ3v) is 4.06. The van der Waals surface area contributed by atoms with E-state index in [1.165, 1.54) is 0 Å². The molecule has 6 heteroatoms.